The summed E-state index contributed by atoms with van der Waals surface area (Å²) >= 11 is 0. The van der Waals surface area contributed by atoms with Gasteiger partial charge in [-0.1, -0.05) is 51.9 Å². The maximum absolute atomic E-state index is 13.4. The second kappa shape index (κ2) is 8.78. The summed E-state index contributed by atoms with van der Waals surface area (Å²) in [6.07, 6.45) is 1.81. The predicted octanol–water partition coefficient (Wildman–Crippen LogP) is 6.53. The van der Waals surface area contributed by atoms with Gasteiger partial charge < -0.3 is 9.47 Å². The summed E-state index contributed by atoms with van der Waals surface area (Å²) < 4.78 is 24.6. The van der Waals surface area contributed by atoms with Crippen LogP contribution in [0.3, 0.4) is 0 Å². The monoisotopic (exact) mass is 430 g/mol. The molecule has 158 valence electrons. The number of aryl methyl sites for hydroxylation is 1. The lowest BCUT2D eigenvalue weighted by Crippen LogP contribution is -2.10. The highest BCUT2D eigenvalue weighted by atomic mass is 32.2. The molecular formula is C27H26O3S. The van der Waals surface area contributed by atoms with Crippen molar-refractivity contribution in [2.75, 3.05) is 13.4 Å². The van der Waals surface area contributed by atoms with Crippen molar-refractivity contribution in [3.05, 3.63) is 103 Å². The molecule has 4 heteroatoms. The van der Waals surface area contributed by atoms with Crippen LogP contribution in [0.5, 0.6) is 17.2 Å². The van der Waals surface area contributed by atoms with Gasteiger partial charge in [-0.2, -0.15) is 0 Å². The fraction of sp³-hybridized carbons (Fsp3) is 0.111. The van der Waals surface area contributed by atoms with Crippen molar-refractivity contribution >= 4 is 9.93 Å². The molecule has 0 saturated heterocycles. The van der Waals surface area contributed by atoms with Crippen LogP contribution in [0.4, 0.5) is 0 Å². The highest BCUT2D eigenvalue weighted by molar-refractivity contribution is 8.02. The Morgan fingerprint density at radius 2 is 0.968 bits per heavy atom. The Morgan fingerprint density at radius 1 is 0.581 bits per heavy atom. The maximum Gasteiger partial charge on any atom is 0.127 e. The smallest absolute Gasteiger partial charge is 0.127 e. The molecule has 4 aromatic carbocycles. The lowest BCUT2D eigenvalue weighted by Gasteiger charge is -2.20. The van der Waals surface area contributed by atoms with E-state index in [1.165, 1.54) is 0 Å². The van der Waals surface area contributed by atoms with Crippen LogP contribution in [-0.4, -0.2) is 17.6 Å². The molecule has 4 aromatic rings. The Balaban J connectivity index is 1.47. The van der Waals surface area contributed by atoms with Gasteiger partial charge in [0.1, 0.15) is 17.2 Å². The average molecular weight is 431 g/mol. The van der Waals surface area contributed by atoms with Crippen molar-refractivity contribution < 1.29 is 13.7 Å². The number of rotatable bonds is 6. The van der Waals surface area contributed by atoms with Crippen molar-refractivity contribution in [2.24, 2.45) is 0 Å². The van der Waals surface area contributed by atoms with E-state index in [-0.39, 0.29) is 0 Å². The summed E-state index contributed by atoms with van der Waals surface area (Å²) in [6, 6.07) is 31.3. The van der Waals surface area contributed by atoms with Gasteiger partial charge in [-0.25, -0.2) is 0 Å². The van der Waals surface area contributed by atoms with Crippen LogP contribution in [0, 0.1) is 6.92 Å². The molecule has 0 radical (unpaired) electrons. The maximum atomic E-state index is 13.4. The summed E-state index contributed by atoms with van der Waals surface area (Å²) in [5.41, 5.74) is 3.38. The Morgan fingerprint density at radius 3 is 1.42 bits per heavy atom. The first-order chi connectivity index (χ1) is 15.0. The van der Waals surface area contributed by atoms with Crippen molar-refractivity contribution in [1.29, 1.82) is 0 Å². The van der Waals surface area contributed by atoms with Gasteiger partial charge in [0.2, 0.25) is 0 Å². The zero-order valence-corrected chi connectivity index (χ0v) is 18.8. The summed E-state index contributed by atoms with van der Waals surface area (Å²) in [5.74, 6) is 2.30. The fourth-order valence-electron chi connectivity index (χ4n) is 3.41. The highest BCUT2D eigenvalue weighted by Crippen LogP contribution is 2.30. The zero-order chi connectivity index (χ0) is 21.8. The van der Waals surface area contributed by atoms with Gasteiger partial charge in [-0.05, 0) is 85.0 Å². The van der Waals surface area contributed by atoms with Gasteiger partial charge in [0, 0.05) is 9.79 Å². The second-order valence-corrected chi connectivity index (χ2v) is 10.5. The summed E-state index contributed by atoms with van der Waals surface area (Å²) in [7, 11) is -0.968. The van der Waals surface area contributed by atoms with Gasteiger partial charge in [0.05, 0.1) is 7.11 Å². The standard InChI is InChI=1S/C27H26O3S/c1-20-4-16-26(17-5-20)31(3,28)27-18-14-25(15-19-27)30-24-12-8-22(9-13-24)21-6-10-23(29-2)11-7-21/h4-19,31H,1-3H3. The molecule has 31 heavy (non-hydrogen) atoms. The molecular weight excluding hydrogens is 404 g/mol. The molecule has 0 atom stereocenters. The molecule has 0 N–H and O–H groups in total. The minimum Gasteiger partial charge on any atom is -0.497 e. The molecule has 0 unspecified atom stereocenters. The lowest BCUT2D eigenvalue weighted by molar-refractivity contribution is 0.415. The van der Waals surface area contributed by atoms with E-state index in [0.717, 1.165) is 38.0 Å². The lowest BCUT2D eigenvalue weighted by atomic mass is 10.1. The first-order valence-electron chi connectivity index (χ1n) is 10.1. The highest BCUT2D eigenvalue weighted by Gasteiger charge is 2.15. The third kappa shape index (κ3) is 4.70. The number of hydrogen-bond donors (Lipinski definition) is 1. The minimum atomic E-state index is -2.63. The molecule has 0 heterocycles. The minimum absolute atomic E-state index is 0.713. The average Bonchev–Trinajstić information content (AvgIpc) is 2.80. The van der Waals surface area contributed by atoms with Gasteiger partial charge in [-0.15, -0.1) is 0 Å². The van der Waals surface area contributed by atoms with Crippen molar-refractivity contribution in [3.63, 3.8) is 0 Å². The Kier molecular flexibility index (Phi) is 5.92. The van der Waals surface area contributed by atoms with E-state index < -0.39 is 9.93 Å². The van der Waals surface area contributed by atoms with Crippen LogP contribution < -0.4 is 9.47 Å². The van der Waals surface area contributed by atoms with E-state index in [1.807, 2.05) is 110 Å². The summed E-state index contributed by atoms with van der Waals surface area (Å²) in [4.78, 5) is 1.68. The first kappa shape index (κ1) is 20.9. The Labute approximate surface area is 184 Å². The quantitative estimate of drug-likeness (QED) is 0.353. The largest absolute Gasteiger partial charge is 0.497 e. The van der Waals surface area contributed by atoms with Crippen molar-refractivity contribution in [1.82, 2.24) is 0 Å². The van der Waals surface area contributed by atoms with Gasteiger partial charge in [-0.3, -0.25) is 4.21 Å². The summed E-state index contributed by atoms with van der Waals surface area (Å²) in [5, 5.41) is 0. The third-order valence-corrected chi connectivity index (χ3v) is 7.94. The topological polar surface area (TPSA) is 35.5 Å². The van der Waals surface area contributed by atoms with Gasteiger partial charge in [0.25, 0.3) is 0 Å². The van der Waals surface area contributed by atoms with E-state index in [2.05, 4.69) is 0 Å². The van der Waals surface area contributed by atoms with Gasteiger partial charge in [0.15, 0.2) is 0 Å². The normalized spacial score (nSPS) is 11.7. The molecule has 0 fully saturated rings. The molecule has 0 bridgehead atoms. The molecule has 0 saturated carbocycles. The first-order valence-corrected chi connectivity index (χ1v) is 12.3. The Hall–Kier alpha value is -3.37. The molecule has 0 aliphatic carbocycles. The third-order valence-electron chi connectivity index (χ3n) is 5.37. The van der Waals surface area contributed by atoms with E-state index in [0.29, 0.717) is 5.75 Å². The van der Waals surface area contributed by atoms with Crippen LogP contribution in [0.1, 0.15) is 5.56 Å². The van der Waals surface area contributed by atoms with Gasteiger partial charge >= 0.3 is 0 Å². The molecule has 0 amide bonds. The fourth-order valence-corrected chi connectivity index (χ4v) is 5.15. The van der Waals surface area contributed by atoms with Crippen LogP contribution in [0.15, 0.2) is 107 Å². The zero-order valence-electron chi connectivity index (χ0n) is 17.9. The van der Waals surface area contributed by atoms with E-state index in [1.54, 1.807) is 7.11 Å². The molecule has 4 rings (SSSR count). The molecule has 3 nitrogen and oxygen atoms in total. The summed E-state index contributed by atoms with van der Waals surface area (Å²) in [6.45, 7) is 2.03. The SMILES string of the molecule is COc1ccc(-c2ccc(Oc3ccc([SH](C)(=O)c4ccc(C)cc4)cc3)cc2)cc1. The number of benzene rings is 4. The van der Waals surface area contributed by atoms with Crippen LogP contribution in [0.25, 0.3) is 11.1 Å². The molecule has 0 aliphatic rings. The van der Waals surface area contributed by atoms with Crippen LogP contribution in [-0.2, 0) is 9.93 Å². The number of methoxy groups -OCH3 is 1. The van der Waals surface area contributed by atoms with E-state index in [4.69, 9.17) is 9.47 Å². The van der Waals surface area contributed by atoms with Crippen LogP contribution in [0.2, 0.25) is 0 Å². The second-order valence-electron chi connectivity index (χ2n) is 7.61. The van der Waals surface area contributed by atoms with Crippen molar-refractivity contribution in [3.8, 4) is 28.4 Å². The number of hydrogen-bond acceptors (Lipinski definition) is 3. The van der Waals surface area contributed by atoms with Crippen molar-refractivity contribution in [2.45, 2.75) is 16.7 Å². The molecule has 0 spiro atoms. The predicted molar refractivity (Wildman–Crippen MR) is 128 cm³/mol. The Bertz CT molecular complexity index is 1190. The van der Waals surface area contributed by atoms with E-state index in [9.17, 15) is 4.21 Å². The number of ether oxygens (including phenoxy) is 2. The van der Waals surface area contributed by atoms with E-state index >= 15 is 0 Å². The molecule has 0 aromatic heterocycles. The molecule has 0 aliphatic heterocycles. The van der Waals surface area contributed by atoms with Crippen LogP contribution >= 0.6 is 0 Å². The number of thiol groups is 1.